The van der Waals surface area contributed by atoms with Gasteiger partial charge in [0, 0.05) is 24.2 Å². The summed E-state index contributed by atoms with van der Waals surface area (Å²) in [5.74, 6) is -0.213. The number of carbonyl (C=O) groups excluding carboxylic acids is 1. The molecule has 3 N–H and O–H groups in total. The second-order valence-electron chi connectivity index (χ2n) is 6.03. The summed E-state index contributed by atoms with van der Waals surface area (Å²) in [4.78, 5) is 12.6. The number of aryl methyl sites for hydroxylation is 1. The molecular formula is C16H26ClN3O3S. The summed E-state index contributed by atoms with van der Waals surface area (Å²) in [5, 5.41) is 6.36. The molecule has 1 amide bonds. The minimum Gasteiger partial charge on any atom is -0.349 e. The Hall–Kier alpha value is -1.15. The Balaban J connectivity index is 0.00000288. The Bertz CT molecular complexity index is 679. The van der Waals surface area contributed by atoms with Gasteiger partial charge in [0.2, 0.25) is 10.0 Å². The van der Waals surface area contributed by atoms with Crippen molar-refractivity contribution in [3.63, 3.8) is 0 Å². The molecular weight excluding hydrogens is 350 g/mol. The first-order valence-electron chi connectivity index (χ1n) is 7.98. The molecule has 1 aromatic carbocycles. The van der Waals surface area contributed by atoms with E-state index in [9.17, 15) is 13.2 Å². The number of carbonyl (C=O) groups is 1. The summed E-state index contributed by atoms with van der Waals surface area (Å²) in [6, 6.07) is 5.14. The lowest BCUT2D eigenvalue weighted by Gasteiger charge is -2.28. The molecule has 136 valence electrons. The summed E-state index contributed by atoms with van der Waals surface area (Å²) in [5.41, 5.74) is 1.18. The Morgan fingerprint density at radius 3 is 2.71 bits per heavy atom. The van der Waals surface area contributed by atoms with E-state index in [0.717, 1.165) is 24.9 Å². The topological polar surface area (TPSA) is 87.3 Å². The van der Waals surface area contributed by atoms with Gasteiger partial charge in [-0.3, -0.25) is 4.79 Å². The van der Waals surface area contributed by atoms with Crippen molar-refractivity contribution in [1.82, 2.24) is 15.4 Å². The summed E-state index contributed by atoms with van der Waals surface area (Å²) in [7, 11) is -3.56. The quantitative estimate of drug-likeness (QED) is 0.729. The Morgan fingerprint density at radius 1 is 1.38 bits per heavy atom. The van der Waals surface area contributed by atoms with Crippen LogP contribution >= 0.6 is 12.4 Å². The van der Waals surface area contributed by atoms with E-state index in [2.05, 4.69) is 22.3 Å². The van der Waals surface area contributed by atoms with Gasteiger partial charge in [-0.1, -0.05) is 13.0 Å². The van der Waals surface area contributed by atoms with Gasteiger partial charge in [0.15, 0.2) is 0 Å². The van der Waals surface area contributed by atoms with Gasteiger partial charge in [-0.2, -0.15) is 0 Å². The van der Waals surface area contributed by atoms with Gasteiger partial charge in [-0.25, -0.2) is 13.1 Å². The predicted octanol–water partition coefficient (Wildman–Crippen LogP) is 1.59. The molecule has 0 saturated carbocycles. The third-order valence-electron chi connectivity index (χ3n) is 4.06. The standard InChI is InChI=1S/C16H25N3O3S.ClH/c1-4-18-23(21,22)14-6-5-11(2)15(10-14)16(20)19-13-7-8-17-12(3)9-13;/h5-6,10,12-13,17-18H,4,7-9H2,1-3H3,(H,19,20);1H. The molecule has 1 fully saturated rings. The maximum Gasteiger partial charge on any atom is 0.251 e. The van der Waals surface area contributed by atoms with Crippen molar-refractivity contribution >= 4 is 28.3 Å². The lowest BCUT2D eigenvalue weighted by atomic mass is 9.99. The SMILES string of the molecule is CCNS(=O)(=O)c1ccc(C)c(C(=O)NC2CCNC(C)C2)c1.Cl. The monoisotopic (exact) mass is 375 g/mol. The Morgan fingerprint density at radius 2 is 2.08 bits per heavy atom. The Labute approximate surface area is 150 Å². The lowest BCUT2D eigenvalue weighted by Crippen LogP contribution is -2.46. The van der Waals surface area contributed by atoms with Crippen LogP contribution in [0.3, 0.4) is 0 Å². The Kier molecular flexibility index (Phi) is 7.66. The zero-order valence-electron chi connectivity index (χ0n) is 14.3. The zero-order chi connectivity index (χ0) is 17.0. The maximum atomic E-state index is 12.5. The van der Waals surface area contributed by atoms with Crippen LogP contribution in [-0.2, 0) is 10.0 Å². The fraction of sp³-hybridized carbons (Fsp3) is 0.562. The second kappa shape index (κ2) is 8.80. The highest BCUT2D eigenvalue weighted by Crippen LogP contribution is 2.17. The molecule has 2 unspecified atom stereocenters. The maximum absolute atomic E-state index is 12.5. The molecule has 2 atom stereocenters. The van der Waals surface area contributed by atoms with Crippen molar-refractivity contribution in [2.45, 2.75) is 50.6 Å². The highest BCUT2D eigenvalue weighted by molar-refractivity contribution is 7.89. The molecule has 0 radical (unpaired) electrons. The molecule has 2 rings (SSSR count). The van der Waals surface area contributed by atoms with Gasteiger partial charge in [-0.05, 0) is 50.9 Å². The van der Waals surface area contributed by atoms with Gasteiger partial charge < -0.3 is 10.6 Å². The van der Waals surface area contributed by atoms with Gasteiger partial charge in [0.05, 0.1) is 4.90 Å². The molecule has 0 aromatic heterocycles. The van der Waals surface area contributed by atoms with Crippen LogP contribution in [0, 0.1) is 6.92 Å². The van der Waals surface area contributed by atoms with E-state index in [1.54, 1.807) is 13.0 Å². The van der Waals surface area contributed by atoms with E-state index in [-0.39, 0.29) is 29.3 Å². The van der Waals surface area contributed by atoms with Crippen molar-refractivity contribution in [3.05, 3.63) is 29.3 Å². The molecule has 6 nitrogen and oxygen atoms in total. The first-order valence-corrected chi connectivity index (χ1v) is 9.46. The number of hydrogen-bond acceptors (Lipinski definition) is 4. The molecule has 0 bridgehead atoms. The van der Waals surface area contributed by atoms with Gasteiger partial charge in [0.1, 0.15) is 0 Å². The fourth-order valence-electron chi connectivity index (χ4n) is 2.81. The zero-order valence-corrected chi connectivity index (χ0v) is 15.9. The second-order valence-corrected chi connectivity index (χ2v) is 7.79. The fourth-order valence-corrected chi connectivity index (χ4v) is 3.88. The first-order chi connectivity index (χ1) is 10.8. The van der Waals surface area contributed by atoms with E-state index < -0.39 is 10.0 Å². The third-order valence-corrected chi connectivity index (χ3v) is 5.60. The van der Waals surface area contributed by atoms with E-state index in [1.165, 1.54) is 12.1 Å². The van der Waals surface area contributed by atoms with Crippen LogP contribution in [0.1, 0.15) is 42.6 Å². The van der Waals surface area contributed by atoms with Gasteiger partial charge in [0.25, 0.3) is 5.91 Å². The number of piperidine rings is 1. The summed E-state index contributed by atoms with van der Waals surface area (Å²) < 4.78 is 26.6. The molecule has 0 spiro atoms. The molecule has 24 heavy (non-hydrogen) atoms. The predicted molar refractivity (Wildman–Crippen MR) is 97.2 cm³/mol. The molecule has 8 heteroatoms. The number of sulfonamides is 1. The van der Waals surface area contributed by atoms with Crippen molar-refractivity contribution in [2.75, 3.05) is 13.1 Å². The van der Waals surface area contributed by atoms with Crippen LogP contribution in [0.4, 0.5) is 0 Å². The molecule has 1 aliphatic rings. The molecule has 0 aliphatic carbocycles. The van der Waals surface area contributed by atoms with E-state index in [0.29, 0.717) is 18.2 Å². The van der Waals surface area contributed by atoms with E-state index in [1.807, 2.05) is 6.92 Å². The average Bonchev–Trinajstić information content (AvgIpc) is 2.47. The number of amides is 1. The van der Waals surface area contributed by atoms with Gasteiger partial charge in [-0.15, -0.1) is 12.4 Å². The number of hydrogen-bond donors (Lipinski definition) is 3. The minimum absolute atomic E-state index is 0. The molecule has 1 heterocycles. The number of benzene rings is 1. The molecule has 1 aromatic rings. The van der Waals surface area contributed by atoms with Crippen LogP contribution in [0.15, 0.2) is 23.1 Å². The minimum atomic E-state index is -3.56. The third kappa shape index (κ3) is 5.17. The highest BCUT2D eigenvalue weighted by atomic mass is 35.5. The van der Waals surface area contributed by atoms with E-state index >= 15 is 0 Å². The number of halogens is 1. The average molecular weight is 376 g/mol. The van der Waals surface area contributed by atoms with Crippen molar-refractivity contribution < 1.29 is 13.2 Å². The first kappa shape index (κ1) is 20.9. The highest BCUT2D eigenvalue weighted by Gasteiger charge is 2.22. The summed E-state index contributed by atoms with van der Waals surface area (Å²) in [6.45, 7) is 6.80. The van der Waals surface area contributed by atoms with Crippen LogP contribution in [0.2, 0.25) is 0 Å². The van der Waals surface area contributed by atoms with Crippen LogP contribution < -0.4 is 15.4 Å². The van der Waals surface area contributed by atoms with Gasteiger partial charge >= 0.3 is 0 Å². The van der Waals surface area contributed by atoms with E-state index in [4.69, 9.17) is 0 Å². The van der Waals surface area contributed by atoms with Crippen molar-refractivity contribution in [1.29, 1.82) is 0 Å². The normalized spacial score (nSPS) is 21.0. The van der Waals surface area contributed by atoms with Crippen LogP contribution in [0.5, 0.6) is 0 Å². The molecule has 1 saturated heterocycles. The van der Waals surface area contributed by atoms with Crippen molar-refractivity contribution in [2.24, 2.45) is 0 Å². The molecule has 1 aliphatic heterocycles. The summed E-state index contributed by atoms with van der Waals surface area (Å²) in [6.07, 6.45) is 1.75. The van der Waals surface area contributed by atoms with Crippen molar-refractivity contribution in [3.8, 4) is 0 Å². The smallest absolute Gasteiger partial charge is 0.251 e. The number of nitrogens with one attached hydrogen (secondary N) is 3. The van der Waals surface area contributed by atoms with Crippen LogP contribution in [-0.4, -0.2) is 39.5 Å². The largest absolute Gasteiger partial charge is 0.349 e. The summed E-state index contributed by atoms with van der Waals surface area (Å²) >= 11 is 0. The number of rotatable bonds is 5. The van der Waals surface area contributed by atoms with Crippen LogP contribution in [0.25, 0.3) is 0 Å². The lowest BCUT2D eigenvalue weighted by molar-refractivity contribution is 0.0925.